The minimum absolute atomic E-state index is 0.0397. The van der Waals surface area contributed by atoms with E-state index in [0.29, 0.717) is 24.8 Å². The van der Waals surface area contributed by atoms with Crippen LogP contribution in [-0.4, -0.2) is 46.6 Å². The topological polar surface area (TPSA) is 93.1 Å². The molecule has 6 fully saturated rings. The quantitative estimate of drug-likeness (QED) is 0.525. The van der Waals surface area contributed by atoms with Crippen LogP contribution < -0.4 is 0 Å². The van der Waals surface area contributed by atoms with E-state index in [1.165, 1.54) is 6.92 Å². The van der Waals surface area contributed by atoms with Gasteiger partial charge in [0.2, 0.25) is 0 Å². The highest BCUT2D eigenvalue weighted by atomic mass is 16.6. The Bertz CT molecular complexity index is 788. The van der Waals surface area contributed by atoms with E-state index in [1.54, 1.807) is 0 Å². The van der Waals surface area contributed by atoms with Crippen molar-refractivity contribution in [2.75, 3.05) is 6.61 Å². The third-order valence-electron chi connectivity index (χ3n) is 9.17. The lowest BCUT2D eigenvalue weighted by atomic mass is 9.36. The fourth-order valence-corrected chi connectivity index (χ4v) is 8.08. The van der Waals surface area contributed by atoms with Crippen molar-refractivity contribution >= 4 is 11.8 Å². The smallest absolute Gasteiger partial charge is 0.302 e. The van der Waals surface area contributed by atoms with Gasteiger partial charge in [-0.05, 0) is 48.5 Å². The van der Waals surface area contributed by atoms with Gasteiger partial charge in [0.05, 0.1) is 12.7 Å². The number of rotatable bonds is 1. The van der Waals surface area contributed by atoms with Gasteiger partial charge in [-0.3, -0.25) is 9.59 Å². The molecule has 0 amide bonds. The Morgan fingerprint density at radius 1 is 1.25 bits per heavy atom. The number of fused-ring (bicyclic) bond motifs is 2. The SMILES string of the molecule is C=C1C(=O)[C@]23[C@H](O)[C@H]1CC[C@H]2[C@@]12CO[C@]3(O)C[C@@H]1C(C)(C)CC[C@@H]2OC(C)=O. The number of Topliss-reactive ketones (excluding diaryl/α,β-unsaturated/α-hetero) is 1. The van der Waals surface area contributed by atoms with Crippen LogP contribution in [0.5, 0.6) is 0 Å². The number of aliphatic hydroxyl groups is 2. The first-order chi connectivity index (χ1) is 13.0. The predicted molar refractivity (Wildman–Crippen MR) is 98.8 cm³/mol. The Hall–Kier alpha value is -1.24. The van der Waals surface area contributed by atoms with Crippen LogP contribution in [0.2, 0.25) is 0 Å². The van der Waals surface area contributed by atoms with Gasteiger partial charge in [0.1, 0.15) is 11.5 Å². The molecule has 6 heteroatoms. The molecule has 0 aromatic rings. The Kier molecular flexibility index (Phi) is 3.53. The van der Waals surface area contributed by atoms with E-state index in [-0.39, 0.29) is 54.1 Å². The number of ether oxygens (including phenoxy) is 2. The van der Waals surface area contributed by atoms with Gasteiger partial charge in [-0.1, -0.05) is 20.4 Å². The summed E-state index contributed by atoms with van der Waals surface area (Å²) in [5, 5.41) is 23.0. The first-order valence-corrected chi connectivity index (χ1v) is 10.5. The molecule has 0 unspecified atom stereocenters. The molecule has 2 saturated heterocycles. The van der Waals surface area contributed by atoms with Crippen LogP contribution in [0.3, 0.4) is 0 Å². The molecular weight excluding hydrogens is 360 g/mol. The molecule has 2 N–H and O–H groups in total. The molecule has 6 rings (SSSR count). The highest BCUT2D eigenvalue weighted by Gasteiger charge is 2.84. The molecule has 28 heavy (non-hydrogen) atoms. The van der Waals surface area contributed by atoms with Crippen LogP contribution in [0.4, 0.5) is 0 Å². The Morgan fingerprint density at radius 3 is 2.64 bits per heavy atom. The highest BCUT2D eigenvalue weighted by molar-refractivity contribution is 6.05. The van der Waals surface area contributed by atoms with E-state index in [4.69, 9.17) is 9.47 Å². The lowest BCUT2D eigenvalue weighted by Gasteiger charge is -2.73. The summed E-state index contributed by atoms with van der Waals surface area (Å²) in [5.41, 5.74) is -1.65. The van der Waals surface area contributed by atoms with Crippen molar-refractivity contribution < 1.29 is 29.3 Å². The van der Waals surface area contributed by atoms with E-state index >= 15 is 0 Å². The normalized spacial score (nSPS) is 53.5. The van der Waals surface area contributed by atoms with Crippen molar-refractivity contribution in [2.24, 2.45) is 34.0 Å². The molecule has 8 atom stereocenters. The van der Waals surface area contributed by atoms with E-state index in [0.717, 1.165) is 6.42 Å². The number of hydrogen-bond donors (Lipinski definition) is 2. The van der Waals surface area contributed by atoms with E-state index < -0.39 is 22.7 Å². The molecule has 2 spiro atoms. The van der Waals surface area contributed by atoms with Gasteiger partial charge in [0, 0.05) is 24.7 Å². The average molecular weight is 390 g/mol. The number of ketones is 1. The van der Waals surface area contributed by atoms with Gasteiger partial charge in [0.15, 0.2) is 11.6 Å². The molecule has 4 bridgehead atoms. The molecule has 4 aliphatic carbocycles. The van der Waals surface area contributed by atoms with Gasteiger partial charge in [0.25, 0.3) is 0 Å². The van der Waals surface area contributed by atoms with Crippen LogP contribution in [-0.2, 0) is 19.1 Å². The standard InChI is InChI=1S/C22H30O6/c1-11-13-5-6-14-20-10-27-21(26,22(14,17(11)24)18(13)25)9-15(20)19(3,4)8-7-16(20)28-12(2)23/h13-16,18,25-26H,1,5-10H2,2-4H3/t13-,14-,15+,16-,18+,20-,21+,22-/m0/s1. The zero-order valence-electron chi connectivity index (χ0n) is 16.9. The van der Waals surface area contributed by atoms with Crippen LogP contribution >= 0.6 is 0 Å². The Morgan fingerprint density at radius 2 is 1.96 bits per heavy atom. The summed E-state index contributed by atoms with van der Waals surface area (Å²) < 4.78 is 11.9. The van der Waals surface area contributed by atoms with Crippen LogP contribution in [0.25, 0.3) is 0 Å². The third-order valence-corrected chi connectivity index (χ3v) is 9.17. The van der Waals surface area contributed by atoms with E-state index in [1.807, 2.05) is 0 Å². The fraction of sp³-hybridized carbons (Fsp3) is 0.818. The van der Waals surface area contributed by atoms with Crippen LogP contribution in [0.1, 0.15) is 52.9 Å². The summed E-state index contributed by atoms with van der Waals surface area (Å²) in [6.07, 6.45) is 1.83. The molecule has 6 nitrogen and oxygen atoms in total. The molecule has 4 saturated carbocycles. The number of aliphatic hydroxyl groups excluding tert-OH is 1. The van der Waals surface area contributed by atoms with Crippen molar-refractivity contribution in [1.82, 2.24) is 0 Å². The van der Waals surface area contributed by atoms with Gasteiger partial charge in [-0.25, -0.2) is 0 Å². The number of carbonyl (C=O) groups excluding carboxylic acids is 2. The minimum Gasteiger partial charge on any atom is -0.462 e. The molecule has 0 aromatic heterocycles. The highest BCUT2D eigenvalue weighted by Crippen LogP contribution is 2.76. The van der Waals surface area contributed by atoms with Gasteiger partial charge >= 0.3 is 5.97 Å². The summed E-state index contributed by atoms with van der Waals surface area (Å²) in [6.45, 7) is 10.0. The lowest BCUT2D eigenvalue weighted by Crippen LogP contribution is -2.80. The number of hydrogen-bond acceptors (Lipinski definition) is 6. The number of carbonyl (C=O) groups is 2. The predicted octanol–water partition coefficient (Wildman–Crippen LogP) is 1.98. The molecule has 154 valence electrons. The first-order valence-electron chi connectivity index (χ1n) is 10.5. The average Bonchev–Trinajstić information content (AvgIpc) is 2.73. The zero-order valence-corrected chi connectivity index (χ0v) is 16.9. The number of esters is 1. The van der Waals surface area contributed by atoms with Crippen LogP contribution in [0.15, 0.2) is 12.2 Å². The van der Waals surface area contributed by atoms with Gasteiger partial charge in [-0.2, -0.15) is 0 Å². The van der Waals surface area contributed by atoms with Gasteiger partial charge < -0.3 is 19.7 Å². The Balaban J connectivity index is 1.74. The van der Waals surface area contributed by atoms with Crippen LogP contribution in [0, 0.1) is 34.0 Å². The van der Waals surface area contributed by atoms with E-state index in [2.05, 4.69) is 20.4 Å². The van der Waals surface area contributed by atoms with Gasteiger partial charge in [-0.15, -0.1) is 0 Å². The van der Waals surface area contributed by atoms with Crippen molar-refractivity contribution in [2.45, 2.75) is 70.9 Å². The summed E-state index contributed by atoms with van der Waals surface area (Å²) in [7, 11) is 0. The van der Waals surface area contributed by atoms with Crippen molar-refractivity contribution in [3.05, 3.63) is 12.2 Å². The van der Waals surface area contributed by atoms with E-state index in [9.17, 15) is 19.8 Å². The second kappa shape index (κ2) is 5.27. The molecule has 6 aliphatic rings. The van der Waals surface area contributed by atoms with Crippen molar-refractivity contribution in [1.29, 1.82) is 0 Å². The molecule has 0 aromatic carbocycles. The second-order valence-electron chi connectivity index (χ2n) is 10.5. The Labute approximate surface area is 165 Å². The molecule has 2 aliphatic heterocycles. The molecule has 0 radical (unpaired) electrons. The maximum absolute atomic E-state index is 13.5. The summed E-state index contributed by atoms with van der Waals surface area (Å²) in [5.74, 6) is -2.87. The third kappa shape index (κ3) is 1.77. The summed E-state index contributed by atoms with van der Waals surface area (Å²) in [6, 6.07) is 0. The van der Waals surface area contributed by atoms with Crippen molar-refractivity contribution in [3.63, 3.8) is 0 Å². The zero-order chi connectivity index (χ0) is 20.3. The first kappa shape index (κ1) is 18.8. The fourth-order valence-electron chi connectivity index (χ4n) is 8.08. The molecular formula is C22H30O6. The maximum atomic E-state index is 13.5. The maximum Gasteiger partial charge on any atom is 0.302 e. The molecule has 2 heterocycles. The van der Waals surface area contributed by atoms with Crippen molar-refractivity contribution in [3.8, 4) is 0 Å². The second-order valence-corrected chi connectivity index (χ2v) is 10.5. The summed E-state index contributed by atoms with van der Waals surface area (Å²) >= 11 is 0. The minimum atomic E-state index is -1.70. The summed E-state index contributed by atoms with van der Waals surface area (Å²) in [4.78, 5) is 25.4. The largest absolute Gasteiger partial charge is 0.462 e. The monoisotopic (exact) mass is 390 g/mol. The lowest BCUT2D eigenvalue weighted by molar-refractivity contribution is -0.426.